The van der Waals surface area contributed by atoms with E-state index < -0.39 is 0 Å². The second-order valence-corrected chi connectivity index (χ2v) is 9.94. The Morgan fingerprint density at radius 2 is 2.00 bits per heavy atom. The van der Waals surface area contributed by atoms with Gasteiger partial charge in [0.05, 0.1) is 11.1 Å². The molecule has 1 N–H and O–H groups in total. The summed E-state index contributed by atoms with van der Waals surface area (Å²) in [5.74, 6) is 0.621. The van der Waals surface area contributed by atoms with Gasteiger partial charge in [0.15, 0.2) is 5.16 Å². The van der Waals surface area contributed by atoms with E-state index in [0.717, 1.165) is 41.6 Å². The van der Waals surface area contributed by atoms with Gasteiger partial charge in [0.1, 0.15) is 4.83 Å². The van der Waals surface area contributed by atoms with Gasteiger partial charge in [-0.1, -0.05) is 37.7 Å². The number of thiophene rings is 1. The quantitative estimate of drug-likeness (QED) is 0.426. The van der Waals surface area contributed by atoms with Crippen molar-refractivity contribution < 1.29 is 4.79 Å². The molecule has 1 amide bonds. The lowest BCUT2D eigenvalue weighted by Crippen LogP contribution is -2.22. The fourth-order valence-corrected chi connectivity index (χ4v) is 5.93. The Morgan fingerprint density at radius 3 is 2.73 bits per heavy atom. The number of hydrogen-bond acceptors (Lipinski definition) is 5. The van der Waals surface area contributed by atoms with Crippen LogP contribution in [-0.2, 0) is 24.7 Å². The number of rotatable bonds is 6. The molecule has 30 heavy (non-hydrogen) atoms. The zero-order valence-electron chi connectivity index (χ0n) is 17.7. The van der Waals surface area contributed by atoms with Gasteiger partial charge in [0, 0.05) is 17.6 Å². The van der Waals surface area contributed by atoms with Crippen LogP contribution in [0.3, 0.4) is 0 Å². The van der Waals surface area contributed by atoms with Crippen LogP contribution in [0.4, 0.5) is 5.69 Å². The first-order valence-corrected chi connectivity index (χ1v) is 12.3. The van der Waals surface area contributed by atoms with E-state index in [1.807, 2.05) is 12.1 Å². The second kappa shape index (κ2) is 8.94. The molecule has 158 valence electrons. The Labute approximate surface area is 184 Å². The molecule has 0 aliphatic heterocycles. The summed E-state index contributed by atoms with van der Waals surface area (Å²) in [5, 5.41) is 4.31. The summed E-state index contributed by atoms with van der Waals surface area (Å²) in [4.78, 5) is 32.2. The third-order valence-corrected chi connectivity index (χ3v) is 8.08. The Bertz CT molecular complexity index is 1130. The van der Waals surface area contributed by atoms with Gasteiger partial charge in [0.25, 0.3) is 5.56 Å². The van der Waals surface area contributed by atoms with E-state index >= 15 is 0 Å². The molecule has 1 unspecified atom stereocenters. The minimum Gasteiger partial charge on any atom is -0.325 e. The fourth-order valence-electron chi connectivity index (χ4n) is 3.85. The van der Waals surface area contributed by atoms with Crippen molar-refractivity contribution in [1.82, 2.24) is 9.55 Å². The number of hydrogen-bond donors (Lipinski definition) is 1. The third-order valence-electron chi connectivity index (χ3n) is 5.86. The molecular weight excluding hydrogens is 414 g/mol. The molecule has 7 heteroatoms. The zero-order valence-corrected chi connectivity index (χ0v) is 19.3. The normalized spacial score (nSPS) is 14.5. The summed E-state index contributed by atoms with van der Waals surface area (Å²) in [6.45, 7) is 4.37. The van der Waals surface area contributed by atoms with Gasteiger partial charge in [0.2, 0.25) is 5.91 Å². The summed E-state index contributed by atoms with van der Waals surface area (Å²) in [5.41, 5.74) is 3.26. The molecule has 0 spiro atoms. The number of carbonyl (C=O) groups is 1. The lowest BCUT2D eigenvalue weighted by Gasteiger charge is -2.11. The van der Waals surface area contributed by atoms with Crippen LogP contribution in [0.2, 0.25) is 0 Å². The van der Waals surface area contributed by atoms with Crippen LogP contribution < -0.4 is 10.9 Å². The van der Waals surface area contributed by atoms with Crippen LogP contribution in [0.5, 0.6) is 0 Å². The number of carbonyl (C=O) groups excluding carboxylic acids is 1. The van der Waals surface area contributed by atoms with Gasteiger partial charge in [-0.3, -0.25) is 14.2 Å². The van der Waals surface area contributed by atoms with Crippen LogP contribution >= 0.6 is 23.1 Å². The van der Waals surface area contributed by atoms with Gasteiger partial charge in [-0.2, -0.15) is 0 Å². The second-order valence-electron chi connectivity index (χ2n) is 7.92. The monoisotopic (exact) mass is 441 g/mol. The lowest BCUT2D eigenvalue weighted by molar-refractivity contribution is -0.113. The first-order chi connectivity index (χ1) is 14.5. The van der Waals surface area contributed by atoms with Gasteiger partial charge in [-0.25, -0.2) is 4.98 Å². The average Bonchev–Trinajstić information content (AvgIpc) is 3.13. The van der Waals surface area contributed by atoms with Crippen molar-refractivity contribution in [1.29, 1.82) is 0 Å². The topological polar surface area (TPSA) is 64.0 Å². The standard InChI is InChI=1S/C23H27N3O2S2/c1-4-14(2)15-9-11-16(12-10-15)24-19(27)13-29-23-25-21-20(22(28)26(23)3)17-7-5-6-8-18(17)30-21/h9-12,14H,4-8,13H2,1-3H3,(H,24,27). The van der Waals surface area contributed by atoms with E-state index in [9.17, 15) is 9.59 Å². The van der Waals surface area contributed by atoms with E-state index in [1.165, 1.54) is 34.2 Å². The summed E-state index contributed by atoms with van der Waals surface area (Å²) in [7, 11) is 1.75. The molecule has 0 bridgehead atoms. The SMILES string of the molecule is CCC(C)c1ccc(NC(=O)CSc2nc3sc4c(c3c(=O)n2C)CCCC4)cc1. The maximum absolute atomic E-state index is 12.9. The van der Waals surface area contributed by atoms with Crippen molar-refractivity contribution in [2.24, 2.45) is 7.05 Å². The number of anilines is 1. The Hall–Kier alpha value is -2.12. The Morgan fingerprint density at radius 1 is 1.27 bits per heavy atom. The van der Waals surface area contributed by atoms with Gasteiger partial charge < -0.3 is 5.32 Å². The number of aromatic nitrogens is 2. The maximum Gasteiger partial charge on any atom is 0.262 e. The Kier molecular flexibility index (Phi) is 6.29. The molecule has 2 aromatic heterocycles. The van der Waals surface area contributed by atoms with E-state index in [4.69, 9.17) is 4.98 Å². The largest absolute Gasteiger partial charge is 0.325 e. The van der Waals surface area contributed by atoms with Crippen molar-refractivity contribution >= 4 is 44.9 Å². The molecule has 0 radical (unpaired) electrons. The minimum atomic E-state index is -0.101. The smallest absolute Gasteiger partial charge is 0.262 e. The van der Waals surface area contributed by atoms with Crippen molar-refractivity contribution in [2.75, 3.05) is 11.1 Å². The minimum absolute atomic E-state index is 0.00272. The number of nitrogens with zero attached hydrogens (tertiary/aromatic N) is 2. The van der Waals surface area contributed by atoms with E-state index in [1.54, 1.807) is 23.0 Å². The van der Waals surface area contributed by atoms with Crippen LogP contribution in [0, 0.1) is 0 Å². The number of aryl methyl sites for hydroxylation is 2. The molecule has 0 saturated heterocycles. The highest BCUT2D eigenvalue weighted by Gasteiger charge is 2.21. The molecule has 4 rings (SSSR count). The zero-order chi connectivity index (χ0) is 21.3. The summed E-state index contributed by atoms with van der Waals surface area (Å²) >= 11 is 2.95. The summed E-state index contributed by atoms with van der Waals surface area (Å²) in [6.07, 6.45) is 5.42. The predicted octanol–water partition coefficient (Wildman–Crippen LogP) is 5.12. The number of benzene rings is 1. The highest BCUT2D eigenvalue weighted by molar-refractivity contribution is 7.99. The Balaban J connectivity index is 1.46. The highest BCUT2D eigenvalue weighted by atomic mass is 32.2. The first kappa shape index (κ1) is 21.1. The van der Waals surface area contributed by atoms with E-state index in [-0.39, 0.29) is 17.2 Å². The number of fused-ring (bicyclic) bond motifs is 3. The van der Waals surface area contributed by atoms with Crippen LogP contribution in [0.25, 0.3) is 10.2 Å². The molecule has 0 fully saturated rings. The first-order valence-electron chi connectivity index (χ1n) is 10.5. The van der Waals surface area contributed by atoms with Crippen LogP contribution in [0.15, 0.2) is 34.2 Å². The maximum atomic E-state index is 12.9. The fraction of sp³-hybridized carbons (Fsp3) is 0.435. The van der Waals surface area contributed by atoms with Gasteiger partial charge >= 0.3 is 0 Å². The molecule has 1 aliphatic rings. The number of amides is 1. The molecule has 1 atom stereocenters. The molecule has 5 nitrogen and oxygen atoms in total. The van der Waals surface area contributed by atoms with Crippen molar-refractivity contribution in [3.8, 4) is 0 Å². The molecule has 1 aromatic carbocycles. The number of thioether (sulfide) groups is 1. The van der Waals surface area contributed by atoms with Crippen LogP contribution in [-0.4, -0.2) is 21.2 Å². The van der Waals surface area contributed by atoms with Crippen molar-refractivity contribution in [2.45, 2.75) is 57.0 Å². The number of nitrogens with one attached hydrogen (secondary N) is 1. The van der Waals surface area contributed by atoms with Crippen molar-refractivity contribution in [3.63, 3.8) is 0 Å². The third kappa shape index (κ3) is 4.18. The molecular formula is C23H27N3O2S2. The lowest BCUT2D eigenvalue weighted by atomic mass is 9.97. The van der Waals surface area contributed by atoms with Crippen LogP contribution in [0.1, 0.15) is 55.0 Å². The van der Waals surface area contributed by atoms with E-state index in [2.05, 4.69) is 31.3 Å². The van der Waals surface area contributed by atoms with E-state index in [0.29, 0.717) is 11.1 Å². The van der Waals surface area contributed by atoms with Gasteiger partial charge in [-0.15, -0.1) is 11.3 Å². The molecule has 0 saturated carbocycles. The van der Waals surface area contributed by atoms with Crippen molar-refractivity contribution in [3.05, 3.63) is 50.6 Å². The highest BCUT2D eigenvalue weighted by Crippen LogP contribution is 2.34. The average molecular weight is 442 g/mol. The van der Waals surface area contributed by atoms with Gasteiger partial charge in [-0.05, 0) is 61.3 Å². The molecule has 1 aliphatic carbocycles. The molecule has 2 heterocycles. The predicted molar refractivity (Wildman–Crippen MR) is 126 cm³/mol. The molecule has 3 aromatic rings. The summed E-state index contributed by atoms with van der Waals surface area (Å²) < 4.78 is 1.59. The summed E-state index contributed by atoms with van der Waals surface area (Å²) in [6, 6.07) is 8.02.